The van der Waals surface area contributed by atoms with E-state index in [0.29, 0.717) is 5.78 Å². The molecular weight excluding hydrogens is 296 g/mol. The number of benzene rings is 1. The predicted molar refractivity (Wildman–Crippen MR) is 93.9 cm³/mol. The highest BCUT2D eigenvalue weighted by Crippen LogP contribution is 2.53. The standard InChI is InChI=1S/C18H20OS2/c1-12(17(20-2)21-3)15-9-6-10-18(15)11-13-7-4-5-8-14(13)16(18)19/h4-9,15H,10-11H2,1-3H3. The lowest BCUT2D eigenvalue weighted by Gasteiger charge is -2.31. The minimum Gasteiger partial charge on any atom is -0.293 e. The van der Waals surface area contributed by atoms with Crippen molar-refractivity contribution in [2.24, 2.45) is 11.3 Å². The average Bonchev–Trinajstić information content (AvgIpc) is 3.04. The van der Waals surface area contributed by atoms with Crippen molar-refractivity contribution in [3.8, 4) is 0 Å². The van der Waals surface area contributed by atoms with Gasteiger partial charge in [0.1, 0.15) is 0 Å². The lowest BCUT2D eigenvalue weighted by atomic mass is 9.71. The van der Waals surface area contributed by atoms with Crippen molar-refractivity contribution >= 4 is 29.3 Å². The highest BCUT2D eigenvalue weighted by Gasteiger charge is 2.51. The molecule has 0 saturated carbocycles. The van der Waals surface area contributed by atoms with Gasteiger partial charge in [-0.25, -0.2) is 0 Å². The molecule has 0 amide bonds. The van der Waals surface area contributed by atoms with E-state index in [1.165, 1.54) is 15.4 Å². The Kier molecular flexibility index (Phi) is 4.06. The highest BCUT2D eigenvalue weighted by molar-refractivity contribution is 8.21. The van der Waals surface area contributed by atoms with Crippen LogP contribution in [0.15, 0.2) is 46.2 Å². The van der Waals surface area contributed by atoms with Gasteiger partial charge in [0, 0.05) is 15.7 Å². The van der Waals surface area contributed by atoms with Crippen LogP contribution in [-0.2, 0) is 6.42 Å². The van der Waals surface area contributed by atoms with Gasteiger partial charge in [-0.05, 0) is 43.4 Å². The van der Waals surface area contributed by atoms with E-state index in [2.05, 4.69) is 37.7 Å². The van der Waals surface area contributed by atoms with Gasteiger partial charge in [0.2, 0.25) is 0 Å². The quantitative estimate of drug-likeness (QED) is 0.735. The maximum absolute atomic E-state index is 13.1. The van der Waals surface area contributed by atoms with Gasteiger partial charge < -0.3 is 0 Å². The Morgan fingerprint density at radius 1 is 1.24 bits per heavy atom. The van der Waals surface area contributed by atoms with Gasteiger partial charge >= 0.3 is 0 Å². The zero-order chi connectivity index (χ0) is 15.0. The number of carbonyl (C=O) groups excluding carboxylic acids is 1. The van der Waals surface area contributed by atoms with Crippen molar-refractivity contribution < 1.29 is 4.79 Å². The summed E-state index contributed by atoms with van der Waals surface area (Å²) in [5.74, 6) is 0.585. The summed E-state index contributed by atoms with van der Waals surface area (Å²) >= 11 is 3.58. The zero-order valence-corrected chi connectivity index (χ0v) is 14.3. The molecule has 2 aliphatic carbocycles. The van der Waals surface area contributed by atoms with Gasteiger partial charge in [0.25, 0.3) is 0 Å². The van der Waals surface area contributed by atoms with Crippen molar-refractivity contribution in [2.45, 2.75) is 19.8 Å². The highest BCUT2D eigenvalue weighted by atomic mass is 32.2. The average molecular weight is 316 g/mol. The van der Waals surface area contributed by atoms with E-state index < -0.39 is 0 Å². The second-order valence-corrected chi connectivity index (χ2v) is 7.70. The van der Waals surface area contributed by atoms with Crippen molar-refractivity contribution in [1.29, 1.82) is 0 Å². The molecule has 0 saturated heterocycles. The third kappa shape index (κ3) is 2.22. The molecule has 3 rings (SSSR count). The molecule has 2 aliphatic rings. The van der Waals surface area contributed by atoms with Crippen molar-refractivity contribution in [1.82, 2.24) is 0 Å². The van der Waals surface area contributed by atoms with Crippen LogP contribution in [-0.4, -0.2) is 18.3 Å². The number of hydrogen-bond donors (Lipinski definition) is 0. The number of hydrogen-bond acceptors (Lipinski definition) is 3. The first kappa shape index (κ1) is 15.0. The van der Waals surface area contributed by atoms with Gasteiger partial charge in [-0.1, -0.05) is 36.4 Å². The number of thioether (sulfide) groups is 2. The van der Waals surface area contributed by atoms with Crippen LogP contribution in [0.25, 0.3) is 0 Å². The Morgan fingerprint density at radius 2 is 1.95 bits per heavy atom. The molecule has 21 heavy (non-hydrogen) atoms. The third-order valence-electron chi connectivity index (χ3n) is 4.79. The van der Waals surface area contributed by atoms with E-state index in [9.17, 15) is 4.79 Å². The summed E-state index contributed by atoms with van der Waals surface area (Å²) in [7, 11) is 0. The molecule has 1 aromatic carbocycles. The van der Waals surface area contributed by atoms with Crippen molar-refractivity contribution in [3.63, 3.8) is 0 Å². The number of carbonyl (C=O) groups is 1. The summed E-state index contributed by atoms with van der Waals surface area (Å²) in [6.07, 6.45) is 10.4. The molecule has 0 fully saturated rings. The van der Waals surface area contributed by atoms with E-state index >= 15 is 0 Å². The summed E-state index contributed by atoms with van der Waals surface area (Å²) < 4.78 is 1.34. The normalized spacial score (nSPS) is 26.4. The first-order chi connectivity index (χ1) is 10.1. The minimum absolute atomic E-state index is 0.243. The lowest BCUT2D eigenvalue weighted by Crippen LogP contribution is -2.33. The Labute approximate surface area is 135 Å². The first-order valence-corrected chi connectivity index (χ1v) is 9.67. The van der Waals surface area contributed by atoms with E-state index in [0.717, 1.165) is 18.4 Å². The van der Waals surface area contributed by atoms with E-state index in [-0.39, 0.29) is 11.3 Å². The number of allylic oxidation sites excluding steroid dienone is 3. The first-order valence-electron chi connectivity index (χ1n) is 7.22. The van der Waals surface area contributed by atoms with Crippen molar-refractivity contribution in [2.75, 3.05) is 12.5 Å². The van der Waals surface area contributed by atoms with Crippen LogP contribution in [0.1, 0.15) is 29.3 Å². The van der Waals surface area contributed by atoms with E-state index in [1.807, 2.05) is 18.2 Å². The van der Waals surface area contributed by atoms with Crippen LogP contribution in [0.4, 0.5) is 0 Å². The topological polar surface area (TPSA) is 17.1 Å². The fourth-order valence-corrected chi connectivity index (χ4v) is 5.38. The molecule has 2 unspecified atom stereocenters. The number of fused-ring (bicyclic) bond motifs is 1. The maximum atomic E-state index is 13.1. The number of Topliss-reactive ketones (excluding diaryl/α,β-unsaturated/α-hetero) is 1. The smallest absolute Gasteiger partial charge is 0.170 e. The number of rotatable bonds is 3. The van der Waals surface area contributed by atoms with Crippen LogP contribution >= 0.6 is 23.5 Å². The Balaban J connectivity index is 2.04. The molecule has 110 valence electrons. The van der Waals surface area contributed by atoms with Crippen LogP contribution in [0.5, 0.6) is 0 Å². The molecule has 1 spiro atoms. The molecule has 0 aromatic heterocycles. The molecule has 1 aromatic rings. The summed E-state index contributed by atoms with van der Waals surface area (Å²) in [6.45, 7) is 2.20. The summed E-state index contributed by atoms with van der Waals surface area (Å²) in [4.78, 5) is 13.1. The zero-order valence-electron chi connectivity index (χ0n) is 12.7. The fraction of sp³-hybridized carbons (Fsp3) is 0.389. The molecule has 3 heteroatoms. The van der Waals surface area contributed by atoms with E-state index in [4.69, 9.17) is 0 Å². The van der Waals surface area contributed by atoms with Gasteiger partial charge in [-0.3, -0.25) is 4.79 Å². The minimum atomic E-state index is -0.259. The van der Waals surface area contributed by atoms with Gasteiger partial charge in [0.15, 0.2) is 5.78 Å². The maximum Gasteiger partial charge on any atom is 0.170 e. The number of ketones is 1. The van der Waals surface area contributed by atoms with Crippen LogP contribution < -0.4 is 0 Å². The summed E-state index contributed by atoms with van der Waals surface area (Å²) in [5.41, 5.74) is 3.25. The Morgan fingerprint density at radius 3 is 2.62 bits per heavy atom. The second-order valence-electron chi connectivity index (χ2n) is 5.81. The van der Waals surface area contributed by atoms with E-state index in [1.54, 1.807) is 23.5 Å². The summed E-state index contributed by atoms with van der Waals surface area (Å²) in [5, 5.41) is 0. The van der Waals surface area contributed by atoms with Crippen molar-refractivity contribution in [3.05, 3.63) is 57.4 Å². The molecule has 1 nitrogen and oxygen atoms in total. The lowest BCUT2D eigenvalue weighted by molar-refractivity contribution is 0.0791. The molecule has 2 atom stereocenters. The van der Waals surface area contributed by atoms with Crippen LogP contribution in [0.2, 0.25) is 0 Å². The molecule has 0 radical (unpaired) electrons. The molecular formula is C18H20OS2. The molecule has 0 N–H and O–H groups in total. The predicted octanol–water partition coefficient (Wildman–Crippen LogP) is 4.95. The molecule has 0 aliphatic heterocycles. The Bertz CT molecular complexity index is 638. The van der Waals surface area contributed by atoms with Gasteiger partial charge in [-0.15, -0.1) is 23.5 Å². The third-order valence-corrected chi connectivity index (χ3v) is 7.17. The SMILES string of the molecule is CSC(SC)=C(C)C1C=CCC12Cc1ccccc1C2=O. The molecule has 0 heterocycles. The largest absolute Gasteiger partial charge is 0.293 e. The monoisotopic (exact) mass is 316 g/mol. The fourth-order valence-electron chi connectivity index (χ4n) is 3.82. The van der Waals surface area contributed by atoms with Crippen LogP contribution in [0.3, 0.4) is 0 Å². The van der Waals surface area contributed by atoms with Gasteiger partial charge in [-0.2, -0.15) is 0 Å². The molecule has 0 bridgehead atoms. The van der Waals surface area contributed by atoms with Crippen LogP contribution in [0, 0.1) is 11.3 Å². The van der Waals surface area contributed by atoms with Gasteiger partial charge in [0.05, 0.1) is 5.41 Å². The summed E-state index contributed by atoms with van der Waals surface area (Å²) in [6, 6.07) is 8.12. The second kappa shape index (κ2) is 5.69. The Hall–Kier alpha value is -0.930.